The van der Waals surface area contributed by atoms with Crippen LogP contribution in [-0.4, -0.2) is 24.1 Å². The number of methoxy groups -OCH3 is 1. The van der Waals surface area contributed by atoms with E-state index in [0.29, 0.717) is 22.2 Å². The highest BCUT2D eigenvalue weighted by atomic mass is 32.1. The number of rotatable bonds is 5. The van der Waals surface area contributed by atoms with E-state index in [4.69, 9.17) is 9.47 Å². The van der Waals surface area contributed by atoms with Gasteiger partial charge in [0.25, 0.3) is 5.91 Å². The fraction of sp³-hybridized carbons (Fsp3) is 0.444. The number of fused-ring (bicyclic) bond motifs is 1. The number of ether oxygens (including phenoxy) is 2. The Hall–Kier alpha value is -2.08. The Kier molecular flexibility index (Phi) is 5.04. The smallest absolute Gasteiger partial charge is 0.257 e. The van der Waals surface area contributed by atoms with Gasteiger partial charge in [-0.15, -0.1) is 11.3 Å². The normalized spacial score (nSPS) is 13.5. The lowest BCUT2D eigenvalue weighted by molar-refractivity contribution is 0.102. The summed E-state index contributed by atoms with van der Waals surface area (Å²) >= 11 is 1.58. The number of carbonyl (C=O) groups is 1. The number of amides is 1. The van der Waals surface area contributed by atoms with E-state index in [9.17, 15) is 4.79 Å². The number of nitrogens with zero attached hydrogens (tertiary/aromatic N) is 1. The van der Waals surface area contributed by atoms with Crippen LogP contribution < -0.4 is 14.8 Å². The van der Waals surface area contributed by atoms with Crippen LogP contribution in [0.4, 0.5) is 5.13 Å². The van der Waals surface area contributed by atoms with Crippen LogP contribution in [0.25, 0.3) is 0 Å². The van der Waals surface area contributed by atoms with E-state index < -0.39 is 0 Å². The van der Waals surface area contributed by atoms with Crippen LogP contribution in [0.3, 0.4) is 0 Å². The zero-order valence-corrected chi connectivity index (χ0v) is 15.0. The summed E-state index contributed by atoms with van der Waals surface area (Å²) in [6.07, 6.45) is 4.50. The molecule has 0 fully saturated rings. The first-order valence-corrected chi connectivity index (χ1v) is 9.03. The summed E-state index contributed by atoms with van der Waals surface area (Å²) < 4.78 is 11.0. The van der Waals surface area contributed by atoms with Crippen LogP contribution in [-0.2, 0) is 12.8 Å². The van der Waals surface area contributed by atoms with Crippen molar-refractivity contribution in [3.63, 3.8) is 0 Å². The first kappa shape index (κ1) is 16.8. The first-order valence-electron chi connectivity index (χ1n) is 8.21. The Labute approximate surface area is 146 Å². The molecule has 1 aliphatic rings. The third-order valence-electron chi connectivity index (χ3n) is 3.85. The zero-order chi connectivity index (χ0) is 17.1. The van der Waals surface area contributed by atoms with Crippen LogP contribution in [0.15, 0.2) is 18.2 Å². The van der Waals surface area contributed by atoms with Crippen LogP contribution >= 0.6 is 11.3 Å². The predicted octanol–water partition coefficient (Wildman–Crippen LogP) is 4.07. The quantitative estimate of drug-likeness (QED) is 0.886. The zero-order valence-electron chi connectivity index (χ0n) is 14.2. The highest BCUT2D eigenvalue weighted by molar-refractivity contribution is 7.15. The van der Waals surface area contributed by atoms with E-state index in [-0.39, 0.29) is 12.0 Å². The maximum atomic E-state index is 12.5. The molecule has 0 spiro atoms. The van der Waals surface area contributed by atoms with Crippen LogP contribution in [0, 0.1) is 0 Å². The maximum Gasteiger partial charge on any atom is 0.257 e. The fourth-order valence-electron chi connectivity index (χ4n) is 2.73. The number of carbonyl (C=O) groups excluding carboxylic acids is 1. The van der Waals surface area contributed by atoms with E-state index in [0.717, 1.165) is 18.5 Å². The molecule has 0 saturated heterocycles. The molecule has 128 valence electrons. The van der Waals surface area contributed by atoms with Gasteiger partial charge in [0.2, 0.25) is 0 Å². The van der Waals surface area contributed by atoms with E-state index in [1.807, 2.05) is 13.8 Å². The molecule has 1 aliphatic carbocycles. The minimum atomic E-state index is -0.185. The van der Waals surface area contributed by atoms with Crippen molar-refractivity contribution >= 4 is 22.4 Å². The Bertz CT molecular complexity index is 716. The molecule has 1 heterocycles. The summed E-state index contributed by atoms with van der Waals surface area (Å²) in [5, 5.41) is 3.57. The molecule has 3 rings (SSSR count). The number of hydrogen-bond donors (Lipinski definition) is 1. The topological polar surface area (TPSA) is 60.5 Å². The Morgan fingerprint density at radius 2 is 2.04 bits per heavy atom. The van der Waals surface area contributed by atoms with Crippen molar-refractivity contribution in [2.24, 2.45) is 0 Å². The van der Waals surface area contributed by atoms with Gasteiger partial charge < -0.3 is 9.47 Å². The minimum absolute atomic E-state index is 0.0419. The molecular weight excluding hydrogens is 324 g/mol. The molecule has 1 N–H and O–H groups in total. The van der Waals surface area contributed by atoms with Crippen molar-refractivity contribution < 1.29 is 14.3 Å². The molecule has 0 saturated carbocycles. The van der Waals surface area contributed by atoms with Gasteiger partial charge in [0.1, 0.15) is 0 Å². The van der Waals surface area contributed by atoms with Gasteiger partial charge in [-0.2, -0.15) is 0 Å². The van der Waals surface area contributed by atoms with Crippen LogP contribution in [0.1, 0.15) is 47.6 Å². The second kappa shape index (κ2) is 7.21. The van der Waals surface area contributed by atoms with Gasteiger partial charge in [0, 0.05) is 10.4 Å². The first-order chi connectivity index (χ1) is 11.6. The van der Waals surface area contributed by atoms with Crippen molar-refractivity contribution in [2.45, 2.75) is 45.6 Å². The molecule has 6 heteroatoms. The molecule has 0 unspecified atom stereocenters. The lowest BCUT2D eigenvalue weighted by Gasteiger charge is -2.14. The number of anilines is 1. The minimum Gasteiger partial charge on any atom is -0.493 e. The van der Waals surface area contributed by atoms with E-state index in [1.165, 1.54) is 17.7 Å². The summed E-state index contributed by atoms with van der Waals surface area (Å²) in [6, 6.07) is 5.20. The average molecular weight is 346 g/mol. The number of thiazole rings is 1. The number of benzene rings is 1. The third-order valence-corrected chi connectivity index (χ3v) is 4.93. The third kappa shape index (κ3) is 3.70. The molecule has 0 aliphatic heterocycles. The van der Waals surface area contributed by atoms with Crippen LogP contribution in [0.2, 0.25) is 0 Å². The molecule has 0 atom stereocenters. The molecule has 1 amide bonds. The monoisotopic (exact) mass is 346 g/mol. The Balaban J connectivity index is 1.76. The highest BCUT2D eigenvalue weighted by Crippen LogP contribution is 2.31. The van der Waals surface area contributed by atoms with Gasteiger partial charge in [0.15, 0.2) is 16.6 Å². The van der Waals surface area contributed by atoms with Crippen molar-refractivity contribution in [1.82, 2.24) is 4.98 Å². The number of aromatic nitrogens is 1. The van der Waals surface area contributed by atoms with Gasteiger partial charge in [0.05, 0.1) is 18.9 Å². The highest BCUT2D eigenvalue weighted by Gasteiger charge is 2.18. The second-order valence-corrected chi connectivity index (χ2v) is 7.17. The molecule has 24 heavy (non-hydrogen) atoms. The van der Waals surface area contributed by atoms with Gasteiger partial charge in [-0.25, -0.2) is 4.98 Å². The summed E-state index contributed by atoms with van der Waals surface area (Å²) in [6.45, 7) is 3.90. The van der Waals surface area contributed by atoms with Crippen molar-refractivity contribution in [3.8, 4) is 11.5 Å². The van der Waals surface area contributed by atoms with E-state index in [2.05, 4.69) is 10.3 Å². The summed E-state index contributed by atoms with van der Waals surface area (Å²) in [4.78, 5) is 18.3. The lowest BCUT2D eigenvalue weighted by Crippen LogP contribution is -2.13. The van der Waals surface area contributed by atoms with Crippen molar-refractivity contribution in [2.75, 3.05) is 12.4 Å². The summed E-state index contributed by atoms with van der Waals surface area (Å²) in [5.41, 5.74) is 1.66. The number of aryl methyl sites for hydroxylation is 2. The number of nitrogens with one attached hydrogen (secondary N) is 1. The Morgan fingerprint density at radius 1 is 1.25 bits per heavy atom. The predicted molar refractivity (Wildman–Crippen MR) is 95.5 cm³/mol. The molecule has 0 bridgehead atoms. The van der Waals surface area contributed by atoms with Crippen molar-refractivity contribution in [1.29, 1.82) is 0 Å². The molecule has 5 nitrogen and oxygen atoms in total. The van der Waals surface area contributed by atoms with Gasteiger partial charge >= 0.3 is 0 Å². The van der Waals surface area contributed by atoms with E-state index >= 15 is 0 Å². The molecule has 1 aromatic heterocycles. The van der Waals surface area contributed by atoms with Crippen molar-refractivity contribution in [3.05, 3.63) is 34.3 Å². The van der Waals surface area contributed by atoms with Gasteiger partial charge in [-0.1, -0.05) is 0 Å². The van der Waals surface area contributed by atoms with Gasteiger partial charge in [-0.3, -0.25) is 10.1 Å². The van der Waals surface area contributed by atoms with E-state index in [1.54, 1.807) is 36.6 Å². The SMILES string of the molecule is COc1cc(C(=O)Nc2nc3c(s2)CCCC3)ccc1OC(C)C. The largest absolute Gasteiger partial charge is 0.493 e. The standard InChI is InChI=1S/C18H22N2O3S/c1-11(2)23-14-9-8-12(10-15(14)22-3)17(21)20-18-19-13-6-4-5-7-16(13)24-18/h8-11H,4-7H2,1-3H3,(H,19,20,21). The molecule has 2 aromatic rings. The Morgan fingerprint density at radius 3 is 2.75 bits per heavy atom. The van der Waals surface area contributed by atoms with Gasteiger partial charge in [-0.05, 0) is 57.7 Å². The summed E-state index contributed by atoms with van der Waals surface area (Å²) in [7, 11) is 1.57. The average Bonchev–Trinajstić information content (AvgIpc) is 2.96. The molecule has 0 radical (unpaired) electrons. The fourth-order valence-corrected chi connectivity index (χ4v) is 3.78. The summed E-state index contributed by atoms with van der Waals surface area (Å²) in [5.74, 6) is 0.999. The molecular formula is C18H22N2O3S. The number of hydrogen-bond acceptors (Lipinski definition) is 5. The molecule has 1 aromatic carbocycles. The lowest BCUT2D eigenvalue weighted by atomic mass is 10.0. The second-order valence-electron chi connectivity index (χ2n) is 6.08. The maximum absolute atomic E-state index is 12.5. The van der Waals surface area contributed by atoms with Crippen LogP contribution in [0.5, 0.6) is 11.5 Å².